The number of hydrogen-bond acceptors (Lipinski definition) is 2. The van der Waals surface area contributed by atoms with E-state index in [2.05, 4.69) is 4.18 Å². The van der Waals surface area contributed by atoms with Gasteiger partial charge in [0.2, 0.25) is 0 Å². The van der Waals surface area contributed by atoms with Crippen molar-refractivity contribution in [2.24, 2.45) is 0 Å². The van der Waals surface area contributed by atoms with Crippen LogP contribution < -0.4 is 0 Å². The molecule has 1 aromatic rings. The van der Waals surface area contributed by atoms with E-state index in [4.69, 9.17) is 0 Å². The lowest BCUT2D eigenvalue weighted by molar-refractivity contribution is -0.360. The van der Waals surface area contributed by atoms with E-state index in [1.165, 1.54) is 19.1 Å². The third-order valence-corrected chi connectivity index (χ3v) is 3.44. The number of fused-ring (bicyclic) bond motifs is 1. The van der Waals surface area contributed by atoms with Crippen molar-refractivity contribution in [1.29, 1.82) is 0 Å². The van der Waals surface area contributed by atoms with Gasteiger partial charge >= 0.3 is 12.4 Å². The maximum atomic E-state index is 12.9. The number of aryl methyl sites for hydroxylation is 1. The van der Waals surface area contributed by atoms with Crippen molar-refractivity contribution in [1.82, 2.24) is 0 Å². The Labute approximate surface area is 102 Å². The van der Waals surface area contributed by atoms with E-state index in [0.717, 1.165) is 6.07 Å². The highest BCUT2D eigenvalue weighted by Crippen LogP contribution is 2.61. The van der Waals surface area contributed by atoms with Gasteiger partial charge in [0.25, 0.3) is 5.60 Å². The van der Waals surface area contributed by atoms with Crippen LogP contribution in [-0.2, 0) is 9.78 Å². The molecule has 0 N–H and O–H groups in total. The number of alkyl halides is 6. The summed E-state index contributed by atoms with van der Waals surface area (Å²) < 4.78 is 81.2. The quantitative estimate of drug-likeness (QED) is 0.518. The Morgan fingerprint density at radius 2 is 1.61 bits per heavy atom. The molecular formula is C10H6F6OS. The van der Waals surface area contributed by atoms with E-state index in [-0.39, 0.29) is 16.9 Å². The smallest absolute Gasteiger partial charge is 0.280 e. The molecule has 0 radical (unpaired) electrons. The molecule has 8 heteroatoms. The van der Waals surface area contributed by atoms with Gasteiger partial charge in [0.05, 0.1) is 0 Å². The van der Waals surface area contributed by atoms with Crippen molar-refractivity contribution in [3.8, 4) is 0 Å². The average Bonchev–Trinajstić information content (AvgIpc) is 2.54. The summed E-state index contributed by atoms with van der Waals surface area (Å²) >= 11 is 0.0973. The molecule has 0 fully saturated rings. The van der Waals surface area contributed by atoms with Gasteiger partial charge in [-0.15, -0.1) is 0 Å². The fourth-order valence-corrected chi connectivity index (χ4v) is 2.61. The molecule has 1 nitrogen and oxygen atoms in total. The predicted molar refractivity (Wildman–Crippen MR) is 51.9 cm³/mol. The van der Waals surface area contributed by atoms with Crippen LogP contribution in [0.25, 0.3) is 0 Å². The van der Waals surface area contributed by atoms with Gasteiger partial charge in [-0.05, 0) is 13.0 Å². The van der Waals surface area contributed by atoms with E-state index >= 15 is 0 Å². The molecule has 2 rings (SSSR count). The molecule has 100 valence electrons. The third kappa shape index (κ3) is 1.70. The Hall–Kier alpha value is -0.890. The SMILES string of the molecule is Cc1ccc2c(c1)C(C(F)(F)F)(C(F)(F)F)OS2. The molecule has 1 heterocycles. The number of halogens is 6. The Bertz CT molecular complexity index is 464. The number of hydrogen-bond donors (Lipinski definition) is 0. The molecule has 0 saturated heterocycles. The molecule has 0 amide bonds. The highest BCUT2D eigenvalue weighted by atomic mass is 32.2. The zero-order valence-corrected chi connectivity index (χ0v) is 9.63. The van der Waals surface area contributed by atoms with Crippen LogP contribution in [-0.4, -0.2) is 12.4 Å². The summed E-state index contributed by atoms with van der Waals surface area (Å²) in [5, 5.41) is 0. The molecule has 18 heavy (non-hydrogen) atoms. The first-order chi connectivity index (χ1) is 8.09. The minimum atomic E-state index is -5.57. The summed E-state index contributed by atoms with van der Waals surface area (Å²) in [6.07, 6.45) is -11.1. The summed E-state index contributed by atoms with van der Waals surface area (Å²) in [5.41, 5.74) is -4.84. The topological polar surface area (TPSA) is 9.23 Å². The Morgan fingerprint density at radius 1 is 1.06 bits per heavy atom. The van der Waals surface area contributed by atoms with Crippen LogP contribution >= 0.6 is 12.0 Å². The second-order valence-electron chi connectivity index (χ2n) is 3.84. The molecule has 0 saturated carbocycles. The average molecular weight is 288 g/mol. The molecule has 0 atom stereocenters. The van der Waals surface area contributed by atoms with Gasteiger partial charge in [0.15, 0.2) is 0 Å². The minimum absolute atomic E-state index is 0.0973. The van der Waals surface area contributed by atoms with Crippen molar-refractivity contribution in [2.45, 2.75) is 29.8 Å². The molecule has 1 aromatic carbocycles. The van der Waals surface area contributed by atoms with E-state index in [0.29, 0.717) is 5.56 Å². The zero-order valence-electron chi connectivity index (χ0n) is 8.82. The molecule has 0 bridgehead atoms. The first-order valence-electron chi connectivity index (χ1n) is 4.70. The maximum absolute atomic E-state index is 12.9. The second kappa shape index (κ2) is 3.80. The van der Waals surface area contributed by atoms with Crippen LogP contribution in [0.4, 0.5) is 26.3 Å². The molecular weight excluding hydrogens is 282 g/mol. The summed E-state index contributed by atoms with van der Waals surface area (Å²) in [6.45, 7) is 1.42. The molecule has 0 aliphatic carbocycles. The maximum Gasteiger partial charge on any atom is 0.432 e. The lowest BCUT2D eigenvalue weighted by atomic mass is 9.91. The van der Waals surface area contributed by atoms with Crippen LogP contribution in [0.1, 0.15) is 11.1 Å². The van der Waals surface area contributed by atoms with Crippen molar-refractivity contribution < 1.29 is 30.5 Å². The normalized spacial score (nSPS) is 18.8. The number of benzene rings is 1. The minimum Gasteiger partial charge on any atom is -0.280 e. The number of rotatable bonds is 0. The predicted octanol–water partition coefficient (Wildman–Crippen LogP) is 4.35. The summed E-state index contributed by atoms with van der Waals surface area (Å²) in [7, 11) is 0. The molecule has 0 unspecified atom stereocenters. The lowest BCUT2D eigenvalue weighted by Gasteiger charge is -2.32. The summed E-state index contributed by atoms with van der Waals surface area (Å²) in [6, 6.07) is 3.48. The van der Waals surface area contributed by atoms with Crippen LogP contribution in [0.5, 0.6) is 0 Å². The van der Waals surface area contributed by atoms with Gasteiger partial charge < -0.3 is 0 Å². The monoisotopic (exact) mass is 288 g/mol. The van der Waals surface area contributed by atoms with Gasteiger partial charge in [-0.3, -0.25) is 4.18 Å². The Balaban J connectivity index is 2.72. The molecule has 1 aliphatic rings. The van der Waals surface area contributed by atoms with Crippen molar-refractivity contribution in [3.63, 3.8) is 0 Å². The van der Waals surface area contributed by atoms with E-state index in [1.807, 2.05) is 0 Å². The fraction of sp³-hybridized carbons (Fsp3) is 0.400. The first-order valence-corrected chi connectivity index (χ1v) is 5.44. The highest BCUT2D eigenvalue weighted by Gasteiger charge is 2.76. The zero-order chi connectivity index (χ0) is 13.8. The van der Waals surface area contributed by atoms with Gasteiger partial charge in [-0.2, -0.15) is 26.3 Å². The third-order valence-electron chi connectivity index (χ3n) is 2.57. The largest absolute Gasteiger partial charge is 0.432 e. The standard InChI is InChI=1S/C10H6F6OS/c1-5-2-3-7-6(4-5)8(17-18-7,9(11,12)13)10(14,15)16/h2-4H,1H3. The van der Waals surface area contributed by atoms with Crippen LogP contribution in [0.15, 0.2) is 23.1 Å². The lowest BCUT2D eigenvalue weighted by Crippen LogP contribution is -2.53. The van der Waals surface area contributed by atoms with E-state index in [1.54, 1.807) is 0 Å². The van der Waals surface area contributed by atoms with Crippen LogP contribution in [0.2, 0.25) is 0 Å². The van der Waals surface area contributed by atoms with E-state index in [9.17, 15) is 26.3 Å². The first kappa shape index (κ1) is 13.5. The van der Waals surface area contributed by atoms with Gasteiger partial charge in [0.1, 0.15) is 0 Å². The Kier molecular flexibility index (Phi) is 2.86. The highest BCUT2D eigenvalue weighted by molar-refractivity contribution is 7.95. The fourth-order valence-electron chi connectivity index (χ4n) is 1.70. The van der Waals surface area contributed by atoms with Crippen molar-refractivity contribution >= 4 is 12.0 Å². The van der Waals surface area contributed by atoms with Gasteiger partial charge in [-0.1, -0.05) is 17.7 Å². The Morgan fingerprint density at radius 3 is 2.11 bits per heavy atom. The van der Waals surface area contributed by atoms with Gasteiger partial charge in [-0.25, -0.2) is 0 Å². The van der Waals surface area contributed by atoms with Crippen LogP contribution in [0.3, 0.4) is 0 Å². The summed E-state index contributed by atoms with van der Waals surface area (Å²) in [4.78, 5) is -0.171. The molecule has 0 aromatic heterocycles. The van der Waals surface area contributed by atoms with Gasteiger partial charge in [0, 0.05) is 22.5 Å². The second-order valence-corrected chi connectivity index (χ2v) is 4.62. The van der Waals surface area contributed by atoms with E-state index < -0.39 is 23.5 Å². The molecule has 0 spiro atoms. The molecule has 1 aliphatic heterocycles. The summed E-state index contributed by atoms with van der Waals surface area (Å²) in [5.74, 6) is 0. The van der Waals surface area contributed by atoms with Crippen molar-refractivity contribution in [3.05, 3.63) is 29.3 Å². The van der Waals surface area contributed by atoms with Crippen LogP contribution in [0, 0.1) is 6.92 Å². The van der Waals surface area contributed by atoms with Crippen molar-refractivity contribution in [2.75, 3.05) is 0 Å².